The molecule has 19 heavy (non-hydrogen) atoms. The molecule has 1 heterocycles. The van der Waals surface area contributed by atoms with Crippen LogP contribution < -0.4 is 5.73 Å². The number of nitrogens with two attached hydrogens (primary N) is 1. The minimum Gasteiger partial charge on any atom is -0.326 e. The number of benzene rings is 1. The topological polar surface area (TPSA) is 63.4 Å². The Morgan fingerprint density at radius 1 is 1.32 bits per heavy atom. The van der Waals surface area contributed by atoms with Crippen molar-refractivity contribution in [2.75, 3.05) is 13.1 Å². The van der Waals surface area contributed by atoms with Crippen LogP contribution in [0.15, 0.2) is 26.0 Å². The van der Waals surface area contributed by atoms with Crippen molar-refractivity contribution in [1.82, 2.24) is 4.31 Å². The second kappa shape index (κ2) is 6.41. The average molecular weight is 435 g/mol. The molecule has 0 radical (unpaired) electrons. The zero-order valence-electron chi connectivity index (χ0n) is 10.3. The fraction of sp³-hybridized carbons (Fsp3) is 0.455. The lowest BCUT2D eigenvalue weighted by Crippen LogP contribution is -2.32. The minimum atomic E-state index is -3.47. The third-order valence-electron chi connectivity index (χ3n) is 3.02. The summed E-state index contributed by atoms with van der Waals surface area (Å²) in [7, 11) is -3.47. The average Bonchev–Trinajstić information content (AvgIpc) is 2.70. The summed E-state index contributed by atoms with van der Waals surface area (Å²) in [5.74, 6) is 0. The Morgan fingerprint density at radius 2 is 1.95 bits per heavy atom. The van der Waals surface area contributed by atoms with Gasteiger partial charge in [0.2, 0.25) is 10.0 Å². The monoisotopic (exact) mass is 432 g/mol. The Kier molecular flexibility index (Phi) is 5.86. The summed E-state index contributed by atoms with van der Waals surface area (Å²) >= 11 is 6.69. The highest BCUT2D eigenvalue weighted by atomic mass is 79.9. The maximum Gasteiger partial charge on any atom is 0.244 e. The molecule has 1 aliphatic heterocycles. The van der Waals surface area contributed by atoms with E-state index in [9.17, 15) is 8.42 Å². The molecule has 2 rings (SSSR count). The number of sulfonamides is 1. The Bertz CT molecular complexity index is 580. The van der Waals surface area contributed by atoms with Crippen LogP contribution in [0.1, 0.15) is 12.0 Å². The van der Waals surface area contributed by atoms with Crippen LogP contribution in [-0.2, 0) is 10.0 Å². The Hall–Kier alpha value is 0.340. The van der Waals surface area contributed by atoms with Crippen molar-refractivity contribution < 1.29 is 8.42 Å². The molecule has 108 valence electrons. The van der Waals surface area contributed by atoms with Gasteiger partial charge >= 0.3 is 0 Å². The van der Waals surface area contributed by atoms with Crippen molar-refractivity contribution in [1.29, 1.82) is 0 Å². The fourth-order valence-corrected chi connectivity index (χ4v) is 5.09. The highest BCUT2D eigenvalue weighted by Gasteiger charge is 2.32. The van der Waals surface area contributed by atoms with E-state index in [1.165, 1.54) is 4.31 Å². The van der Waals surface area contributed by atoms with E-state index >= 15 is 0 Å². The van der Waals surface area contributed by atoms with Gasteiger partial charge in [0, 0.05) is 28.1 Å². The molecule has 2 N–H and O–H groups in total. The van der Waals surface area contributed by atoms with Gasteiger partial charge in [0.25, 0.3) is 0 Å². The Balaban J connectivity index is 0.00000180. The van der Waals surface area contributed by atoms with Crippen molar-refractivity contribution in [3.05, 3.63) is 26.6 Å². The molecule has 1 aliphatic rings. The molecule has 1 atom stereocenters. The van der Waals surface area contributed by atoms with Crippen LogP contribution in [0, 0.1) is 6.92 Å². The van der Waals surface area contributed by atoms with E-state index < -0.39 is 10.0 Å². The molecule has 0 aromatic heterocycles. The van der Waals surface area contributed by atoms with E-state index in [0.717, 1.165) is 10.0 Å². The van der Waals surface area contributed by atoms with Crippen LogP contribution >= 0.6 is 44.3 Å². The summed E-state index contributed by atoms with van der Waals surface area (Å²) in [6, 6.07) is 3.37. The molecule has 1 fully saturated rings. The molecule has 8 heteroatoms. The van der Waals surface area contributed by atoms with Crippen molar-refractivity contribution >= 4 is 54.3 Å². The van der Waals surface area contributed by atoms with Gasteiger partial charge < -0.3 is 5.73 Å². The van der Waals surface area contributed by atoms with Gasteiger partial charge in [-0.05, 0) is 47.0 Å². The largest absolute Gasteiger partial charge is 0.326 e. The van der Waals surface area contributed by atoms with Crippen molar-refractivity contribution in [3.8, 4) is 0 Å². The van der Waals surface area contributed by atoms with Crippen molar-refractivity contribution in [2.24, 2.45) is 5.73 Å². The highest BCUT2D eigenvalue weighted by molar-refractivity contribution is 9.11. The van der Waals surface area contributed by atoms with E-state index in [2.05, 4.69) is 31.9 Å². The van der Waals surface area contributed by atoms with Crippen LogP contribution in [0.2, 0.25) is 0 Å². The molecular weight excluding hydrogens is 419 g/mol. The lowest BCUT2D eigenvalue weighted by atomic mass is 10.2. The maximum absolute atomic E-state index is 12.5. The van der Waals surface area contributed by atoms with E-state index in [1.807, 2.05) is 6.92 Å². The van der Waals surface area contributed by atoms with Gasteiger partial charge in [0.05, 0.1) is 4.90 Å². The molecular formula is C11H15Br2ClN2O2S. The molecule has 4 nitrogen and oxygen atoms in total. The van der Waals surface area contributed by atoms with Crippen LogP contribution in [-0.4, -0.2) is 31.9 Å². The first kappa shape index (κ1) is 17.4. The molecule has 1 saturated heterocycles. The summed E-state index contributed by atoms with van der Waals surface area (Å²) in [4.78, 5) is 0.286. The summed E-state index contributed by atoms with van der Waals surface area (Å²) in [6.45, 7) is 2.79. The summed E-state index contributed by atoms with van der Waals surface area (Å²) < 4.78 is 27.8. The Morgan fingerprint density at radius 3 is 2.47 bits per heavy atom. The first-order chi connectivity index (χ1) is 8.32. The maximum atomic E-state index is 12.5. The molecule has 0 unspecified atom stereocenters. The van der Waals surface area contributed by atoms with Crippen LogP contribution in [0.4, 0.5) is 0 Å². The van der Waals surface area contributed by atoms with Gasteiger partial charge in [-0.15, -0.1) is 12.4 Å². The summed E-state index contributed by atoms with van der Waals surface area (Å²) in [6.07, 6.45) is 0.712. The standard InChI is InChI=1S/C11H14Br2N2O2S.ClH/c1-7-4-10(13)11(5-9(7)12)18(16,17)15-3-2-8(14)6-15;/h4-5,8H,2-3,6,14H2,1H3;1H/t8-;/m1./s1. The molecule has 0 spiro atoms. The van der Waals surface area contributed by atoms with E-state index in [0.29, 0.717) is 24.0 Å². The van der Waals surface area contributed by atoms with Gasteiger partial charge in [0.1, 0.15) is 0 Å². The summed E-state index contributed by atoms with van der Waals surface area (Å²) in [5.41, 5.74) is 6.75. The number of hydrogen-bond acceptors (Lipinski definition) is 3. The smallest absolute Gasteiger partial charge is 0.244 e. The SMILES string of the molecule is Cc1cc(Br)c(S(=O)(=O)N2CC[C@@H](N)C2)cc1Br.Cl. The number of halogens is 3. The van der Waals surface area contributed by atoms with E-state index in [4.69, 9.17) is 5.73 Å². The van der Waals surface area contributed by atoms with E-state index in [-0.39, 0.29) is 23.3 Å². The predicted octanol–water partition coefficient (Wildman–Crippen LogP) is 2.66. The number of nitrogens with zero attached hydrogens (tertiary/aromatic N) is 1. The minimum absolute atomic E-state index is 0. The molecule has 0 amide bonds. The van der Waals surface area contributed by atoms with Gasteiger partial charge in [-0.2, -0.15) is 4.31 Å². The van der Waals surface area contributed by atoms with Crippen LogP contribution in [0.3, 0.4) is 0 Å². The molecule has 0 aliphatic carbocycles. The number of rotatable bonds is 2. The van der Waals surface area contributed by atoms with Crippen molar-refractivity contribution in [2.45, 2.75) is 24.3 Å². The predicted molar refractivity (Wildman–Crippen MR) is 85.2 cm³/mol. The van der Waals surface area contributed by atoms with Gasteiger partial charge in [-0.1, -0.05) is 15.9 Å². The zero-order valence-corrected chi connectivity index (χ0v) is 15.1. The quantitative estimate of drug-likeness (QED) is 0.778. The zero-order chi connectivity index (χ0) is 13.5. The van der Waals surface area contributed by atoms with Crippen LogP contribution in [0.5, 0.6) is 0 Å². The van der Waals surface area contributed by atoms with Gasteiger partial charge in [0.15, 0.2) is 0 Å². The molecule has 0 bridgehead atoms. The third-order valence-corrected chi connectivity index (χ3v) is 6.70. The highest BCUT2D eigenvalue weighted by Crippen LogP contribution is 2.31. The molecule has 0 saturated carbocycles. The lowest BCUT2D eigenvalue weighted by Gasteiger charge is -2.17. The molecule has 1 aromatic rings. The van der Waals surface area contributed by atoms with E-state index in [1.54, 1.807) is 12.1 Å². The Labute approximate surface area is 136 Å². The first-order valence-electron chi connectivity index (χ1n) is 5.53. The number of aryl methyl sites for hydroxylation is 1. The molecule has 1 aromatic carbocycles. The second-order valence-electron chi connectivity index (χ2n) is 4.44. The first-order valence-corrected chi connectivity index (χ1v) is 8.56. The van der Waals surface area contributed by atoms with Crippen LogP contribution in [0.25, 0.3) is 0 Å². The normalized spacial score (nSPS) is 20.3. The second-order valence-corrected chi connectivity index (χ2v) is 8.06. The third kappa shape index (κ3) is 3.51. The van der Waals surface area contributed by atoms with Crippen molar-refractivity contribution in [3.63, 3.8) is 0 Å². The van der Waals surface area contributed by atoms with Gasteiger partial charge in [-0.3, -0.25) is 0 Å². The number of hydrogen-bond donors (Lipinski definition) is 1. The fourth-order valence-electron chi connectivity index (χ4n) is 1.94. The summed E-state index contributed by atoms with van der Waals surface area (Å²) in [5, 5.41) is 0. The van der Waals surface area contributed by atoms with Gasteiger partial charge in [-0.25, -0.2) is 8.42 Å². The lowest BCUT2D eigenvalue weighted by molar-refractivity contribution is 0.472.